The monoisotopic (exact) mass is 495 g/mol. The SMILES string of the molecule is CCOC(=O)Cc1ccc(-n2c(C)cc(/C=N/NC(=O)Cc3ccc(Br)cc3)c2C)cc1. The number of ether oxygens (including phenoxy) is 1. The van der Waals surface area contributed by atoms with Crippen LogP contribution in [0.1, 0.15) is 35.0 Å². The maximum Gasteiger partial charge on any atom is 0.310 e. The predicted molar refractivity (Wildman–Crippen MR) is 129 cm³/mol. The molecule has 3 aromatic rings. The van der Waals surface area contributed by atoms with Gasteiger partial charge in [0.05, 0.1) is 25.7 Å². The highest BCUT2D eigenvalue weighted by Gasteiger charge is 2.11. The van der Waals surface area contributed by atoms with Crippen molar-refractivity contribution in [3.05, 3.63) is 87.1 Å². The number of carbonyl (C=O) groups is 2. The molecule has 0 atom stereocenters. The third kappa shape index (κ3) is 6.17. The summed E-state index contributed by atoms with van der Waals surface area (Å²) in [5.74, 6) is -0.399. The van der Waals surface area contributed by atoms with E-state index in [1.165, 1.54) is 0 Å². The van der Waals surface area contributed by atoms with Crippen molar-refractivity contribution in [2.75, 3.05) is 6.61 Å². The van der Waals surface area contributed by atoms with E-state index in [1.54, 1.807) is 13.1 Å². The van der Waals surface area contributed by atoms with Crippen LogP contribution in [0.2, 0.25) is 0 Å². The first kappa shape index (κ1) is 23.5. The Morgan fingerprint density at radius 2 is 1.66 bits per heavy atom. The molecule has 166 valence electrons. The molecule has 32 heavy (non-hydrogen) atoms. The van der Waals surface area contributed by atoms with Gasteiger partial charge in [-0.05, 0) is 62.2 Å². The Bertz CT molecular complexity index is 1120. The minimum Gasteiger partial charge on any atom is -0.466 e. The Morgan fingerprint density at radius 3 is 2.31 bits per heavy atom. The Morgan fingerprint density at radius 1 is 1.03 bits per heavy atom. The topological polar surface area (TPSA) is 72.7 Å². The standard InChI is InChI=1S/C25H26BrN3O3/c1-4-32-25(31)15-20-7-11-23(12-8-20)29-17(2)13-21(18(29)3)16-27-28-24(30)14-19-5-9-22(26)10-6-19/h5-13,16H,4,14-15H2,1-3H3,(H,28,30)/b27-16+. The molecule has 0 unspecified atom stereocenters. The molecule has 3 rings (SSSR count). The van der Waals surface area contributed by atoms with E-state index >= 15 is 0 Å². The molecule has 1 heterocycles. The number of aryl methyl sites for hydroxylation is 1. The van der Waals surface area contributed by atoms with Crippen LogP contribution >= 0.6 is 15.9 Å². The second kappa shape index (κ2) is 10.9. The van der Waals surface area contributed by atoms with Gasteiger partial charge in [0.15, 0.2) is 0 Å². The number of esters is 1. The Hall–Kier alpha value is -3.19. The normalized spacial score (nSPS) is 11.0. The van der Waals surface area contributed by atoms with Gasteiger partial charge in [0.1, 0.15) is 0 Å². The van der Waals surface area contributed by atoms with Crippen molar-refractivity contribution < 1.29 is 14.3 Å². The van der Waals surface area contributed by atoms with Crippen molar-refractivity contribution in [2.45, 2.75) is 33.6 Å². The minimum atomic E-state index is -0.228. The summed E-state index contributed by atoms with van der Waals surface area (Å²) in [5.41, 5.74) is 8.38. The molecule has 0 bridgehead atoms. The molecule has 1 aromatic heterocycles. The van der Waals surface area contributed by atoms with Crippen LogP contribution < -0.4 is 5.43 Å². The van der Waals surface area contributed by atoms with Crippen LogP contribution in [-0.4, -0.2) is 29.3 Å². The van der Waals surface area contributed by atoms with Crippen LogP contribution in [0.4, 0.5) is 0 Å². The lowest BCUT2D eigenvalue weighted by atomic mass is 10.1. The molecule has 1 amide bonds. The van der Waals surface area contributed by atoms with Crippen LogP contribution in [0.5, 0.6) is 0 Å². The van der Waals surface area contributed by atoms with Crippen LogP contribution in [0.25, 0.3) is 5.69 Å². The number of halogens is 1. The van der Waals surface area contributed by atoms with E-state index in [4.69, 9.17) is 4.74 Å². The molecular weight excluding hydrogens is 470 g/mol. The van der Waals surface area contributed by atoms with Gasteiger partial charge in [0.2, 0.25) is 5.91 Å². The number of rotatable bonds is 8. The third-order valence-corrected chi connectivity index (χ3v) is 5.52. The second-order valence-electron chi connectivity index (χ2n) is 7.41. The summed E-state index contributed by atoms with van der Waals surface area (Å²) in [7, 11) is 0. The van der Waals surface area contributed by atoms with Crippen molar-refractivity contribution in [3.8, 4) is 5.69 Å². The molecule has 1 N–H and O–H groups in total. The van der Waals surface area contributed by atoms with Gasteiger partial charge in [-0.3, -0.25) is 9.59 Å². The average Bonchev–Trinajstić information content (AvgIpc) is 3.04. The highest BCUT2D eigenvalue weighted by atomic mass is 79.9. The predicted octanol–water partition coefficient (Wildman–Crippen LogP) is 4.66. The lowest BCUT2D eigenvalue weighted by Gasteiger charge is -2.10. The lowest BCUT2D eigenvalue weighted by molar-refractivity contribution is -0.142. The first-order chi connectivity index (χ1) is 15.4. The van der Waals surface area contributed by atoms with Crippen molar-refractivity contribution >= 4 is 34.0 Å². The van der Waals surface area contributed by atoms with Crippen LogP contribution in [0.15, 0.2) is 64.2 Å². The second-order valence-corrected chi connectivity index (χ2v) is 8.32. The smallest absolute Gasteiger partial charge is 0.310 e. The molecule has 0 saturated carbocycles. The molecule has 2 aromatic carbocycles. The Kier molecular flexibility index (Phi) is 8.00. The van der Waals surface area contributed by atoms with Gasteiger partial charge in [-0.2, -0.15) is 5.10 Å². The molecule has 7 heteroatoms. The van der Waals surface area contributed by atoms with E-state index in [2.05, 4.69) is 31.0 Å². The number of amides is 1. The zero-order valence-electron chi connectivity index (χ0n) is 18.4. The molecule has 0 aliphatic carbocycles. The zero-order chi connectivity index (χ0) is 23.1. The Labute approximate surface area is 196 Å². The lowest BCUT2D eigenvalue weighted by Crippen LogP contribution is -2.19. The van der Waals surface area contributed by atoms with Crippen LogP contribution in [0, 0.1) is 13.8 Å². The molecule has 0 spiro atoms. The highest BCUT2D eigenvalue weighted by Crippen LogP contribution is 2.20. The molecule has 0 aliphatic heterocycles. The van der Waals surface area contributed by atoms with Gasteiger partial charge in [0, 0.05) is 27.1 Å². The number of benzene rings is 2. The van der Waals surface area contributed by atoms with E-state index < -0.39 is 0 Å². The van der Waals surface area contributed by atoms with Gasteiger partial charge >= 0.3 is 5.97 Å². The molecule has 0 saturated heterocycles. The first-order valence-corrected chi connectivity index (χ1v) is 11.2. The number of hydrogen-bond acceptors (Lipinski definition) is 4. The van der Waals surface area contributed by atoms with Gasteiger partial charge in [-0.1, -0.05) is 40.2 Å². The summed E-state index contributed by atoms with van der Waals surface area (Å²) >= 11 is 3.38. The third-order valence-electron chi connectivity index (χ3n) is 4.99. The van der Waals surface area contributed by atoms with Crippen LogP contribution in [0.3, 0.4) is 0 Å². The summed E-state index contributed by atoms with van der Waals surface area (Å²) in [6.45, 7) is 6.20. The number of aromatic nitrogens is 1. The maximum atomic E-state index is 12.1. The highest BCUT2D eigenvalue weighted by molar-refractivity contribution is 9.10. The van der Waals surface area contributed by atoms with Crippen molar-refractivity contribution in [2.24, 2.45) is 5.10 Å². The molecule has 0 radical (unpaired) electrons. The first-order valence-electron chi connectivity index (χ1n) is 10.4. The summed E-state index contributed by atoms with van der Waals surface area (Å²) in [6.07, 6.45) is 2.19. The van der Waals surface area contributed by atoms with E-state index in [-0.39, 0.29) is 24.7 Å². The average molecular weight is 496 g/mol. The van der Waals surface area contributed by atoms with Gasteiger partial charge in [-0.15, -0.1) is 0 Å². The zero-order valence-corrected chi connectivity index (χ0v) is 20.0. The van der Waals surface area contributed by atoms with Gasteiger partial charge in [-0.25, -0.2) is 5.43 Å². The quantitative estimate of drug-likeness (QED) is 0.280. The van der Waals surface area contributed by atoms with E-state index in [0.29, 0.717) is 6.61 Å². The number of hydrazone groups is 1. The van der Waals surface area contributed by atoms with E-state index in [0.717, 1.165) is 38.2 Å². The fourth-order valence-corrected chi connectivity index (χ4v) is 3.72. The summed E-state index contributed by atoms with van der Waals surface area (Å²) in [4.78, 5) is 23.8. The largest absolute Gasteiger partial charge is 0.466 e. The van der Waals surface area contributed by atoms with Crippen molar-refractivity contribution in [1.82, 2.24) is 9.99 Å². The van der Waals surface area contributed by atoms with Gasteiger partial charge < -0.3 is 9.30 Å². The molecular formula is C25H26BrN3O3. The molecule has 6 nitrogen and oxygen atoms in total. The summed E-state index contributed by atoms with van der Waals surface area (Å²) in [6, 6.07) is 17.5. The number of nitrogens with zero attached hydrogens (tertiary/aromatic N) is 2. The number of carbonyl (C=O) groups excluding carboxylic acids is 2. The fraction of sp³-hybridized carbons (Fsp3) is 0.240. The number of hydrogen-bond donors (Lipinski definition) is 1. The van der Waals surface area contributed by atoms with Crippen LogP contribution in [-0.2, 0) is 27.2 Å². The van der Waals surface area contributed by atoms with E-state index in [9.17, 15) is 9.59 Å². The van der Waals surface area contributed by atoms with Crippen molar-refractivity contribution in [1.29, 1.82) is 0 Å². The van der Waals surface area contributed by atoms with Gasteiger partial charge in [0.25, 0.3) is 0 Å². The molecule has 0 aliphatic rings. The Balaban J connectivity index is 1.65. The maximum absolute atomic E-state index is 12.1. The molecule has 0 fully saturated rings. The minimum absolute atomic E-state index is 0.172. The summed E-state index contributed by atoms with van der Waals surface area (Å²) in [5, 5.41) is 4.13. The van der Waals surface area contributed by atoms with E-state index in [1.807, 2.05) is 68.4 Å². The fourth-order valence-electron chi connectivity index (χ4n) is 3.46. The summed E-state index contributed by atoms with van der Waals surface area (Å²) < 4.78 is 8.09. The number of nitrogens with one attached hydrogen (secondary N) is 1. The van der Waals surface area contributed by atoms with Crippen molar-refractivity contribution in [3.63, 3.8) is 0 Å².